The molecule has 0 unspecified atom stereocenters. The maximum absolute atomic E-state index is 3.38. The summed E-state index contributed by atoms with van der Waals surface area (Å²) >= 11 is 0. The van der Waals surface area contributed by atoms with Gasteiger partial charge in [-0.1, -0.05) is 6.07 Å². The van der Waals surface area contributed by atoms with Crippen LogP contribution in [0.2, 0.25) is 0 Å². The Hall–Kier alpha value is -1.48. The molecular weight excluding hydrogens is 198 g/mol. The van der Waals surface area contributed by atoms with Crippen molar-refractivity contribution >= 4 is 16.6 Å². The van der Waals surface area contributed by atoms with E-state index in [1.807, 2.05) is 0 Å². The summed E-state index contributed by atoms with van der Waals surface area (Å²) in [5.41, 5.74) is 2.66. The molecule has 0 bridgehead atoms. The summed E-state index contributed by atoms with van der Waals surface area (Å²) in [7, 11) is 2.10. The summed E-state index contributed by atoms with van der Waals surface area (Å²) in [6, 6.07) is 8.90. The van der Waals surface area contributed by atoms with Crippen LogP contribution in [-0.2, 0) is 7.05 Å². The van der Waals surface area contributed by atoms with E-state index in [0.717, 1.165) is 26.2 Å². The number of piperazine rings is 1. The molecule has 2 aromatic rings. The highest BCUT2D eigenvalue weighted by Gasteiger charge is 2.11. The maximum atomic E-state index is 3.38. The van der Waals surface area contributed by atoms with Crippen molar-refractivity contribution in [1.29, 1.82) is 0 Å². The Morgan fingerprint density at radius 1 is 1.12 bits per heavy atom. The molecule has 0 aliphatic carbocycles. The summed E-state index contributed by atoms with van der Waals surface area (Å²) < 4.78 is 2.18. The molecule has 1 aromatic carbocycles. The van der Waals surface area contributed by atoms with Gasteiger partial charge in [-0.2, -0.15) is 0 Å². The minimum absolute atomic E-state index is 1.09. The maximum Gasteiger partial charge on any atom is 0.0498 e. The highest BCUT2D eigenvalue weighted by Crippen LogP contribution is 2.22. The predicted octanol–water partition coefficient (Wildman–Crippen LogP) is 1.59. The second kappa shape index (κ2) is 3.83. The highest BCUT2D eigenvalue weighted by atomic mass is 15.2. The van der Waals surface area contributed by atoms with E-state index in [1.165, 1.54) is 16.6 Å². The number of aromatic nitrogens is 1. The number of benzene rings is 1. The number of hydrogen-bond donors (Lipinski definition) is 1. The van der Waals surface area contributed by atoms with Crippen molar-refractivity contribution in [3.8, 4) is 0 Å². The summed E-state index contributed by atoms with van der Waals surface area (Å²) in [6.45, 7) is 4.39. The van der Waals surface area contributed by atoms with Gasteiger partial charge in [0.25, 0.3) is 0 Å². The molecule has 0 amide bonds. The molecule has 1 aliphatic rings. The molecule has 16 heavy (non-hydrogen) atoms. The number of nitrogens with zero attached hydrogens (tertiary/aromatic N) is 2. The summed E-state index contributed by atoms with van der Waals surface area (Å²) in [5.74, 6) is 0. The van der Waals surface area contributed by atoms with Gasteiger partial charge in [-0.25, -0.2) is 0 Å². The van der Waals surface area contributed by atoms with Gasteiger partial charge >= 0.3 is 0 Å². The molecule has 1 aromatic heterocycles. The zero-order valence-corrected chi connectivity index (χ0v) is 9.61. The van der Waals surface area contributed by atoms with Crippen molar-refractivity contribution in [2.24, 2.45) is 7.05 Å². The van der Waals surface area contributed by atoms with Crippen molar-refractivity contribution < 1.29 is 0 Å². The van der Waals surface area contributed by atoms with Crippen LogP contribution in [-0.4, -0.2) is 30.7 Å². The molecule has 0 spiro atoms. The number of aryl methyl sites for hydroxylation is 1. The van der Waals surface area contributed by atoms with Crippen LogP contribution in [0, 0.1) is 0 Å². The number of anilines is 1. The average molecular weight is 215 g/mol. The van der Waals surface area contributed by atoms with Crippen molar-refractivity contribution in [3.05, 3.63) is 30.5 Å². The van der Waals surface area contributed by atoms with Crippen LogP contribution in [0.5, 0.6) is 0 Å². The molecule has 1 aliphatic heterocycles. The predicted molar refractivity (Wildman–Crippen MR) is 68.0 cm³/mol. The van der Waals surface area contributed by atoms with Gasteiger partial charge in [0.2, 0.25) is 0 Å². The Labute approximate surface area is 95.7 Å². The minimum atomic E-state index is 1.09. The van der Waals surface area contributed by atoms with Crippen LogP contribution < -0.4 is 10.2 Å². The van der Waals surface area contributed by atoms with Crippen LogP contribution in [0.1, 0.15) is 0 Å². The first-order valence-electron chi connectivity index (χ1n) is 5.85. The Morgan fingerprint density at radius 2 is 1.94 bits per heavy atom. The van der Waals surface area contributed by atoms with E-state index in [-0.39, 0.29) is 0 Å². The first-order chi connectivity index (χ1) is 7.84. The summed E-state index contributed by atoms with van der Waals surface area (Å²) in [4.78, 5) is 2.45. The van der Waals surface area contributed by atoms with Gasteiger partial charge in [0, 0.05) is 50.6 Å². The molecule has 3 rings (SSSR count). The average Bonchev–Trinajstić information content (AvgIpc) is 2.72. The van der Waals surface area contributed by atoms with E-state index in [0.29, 0.717) is 0 Å². The lowest BCUT2D eigenvalue weighted by Gasteiger charge is -2.29. The third-order valence-corrected chi connectivity index (χ3v) is 3.35. The minimum Gasteiger partial charge on any atom is -0.369 e. The molecule has 1 saturated heterocycles. The fraction of sp³-hybridized carbons (Fsp3) is 0.385. The van der Waals surface area contributed by atoms with Crippen LogP contribution >= 0.6 is 0 Å². The Balaban J connectivity index is 1.99. The standard InChI is InChI=1S/C13H17N3/c1-15-7-4-11-2-3-12(10-13(11)15)16-8-5-14-6-9-16/h2-4,7,10,14H,5-6,8-9H2,1H3. The van der Waals surface area contributed by atoms with E-state index >= 15 is 0 Å². The van der Waals surface area contributed by atoms with E-state index in [4.69, 9.17) is 0 Å². The molecule has 3 heteroatoms. The normalized spacial score (nSPS) is 16.9. The molecule has 84 valence electrons. The Morgan fingerprint density at radius 3 is 2.75 bits per heavy atom. The first-order valence-corrected chi connectivity index (χ1v) is 5.85. The van der Waals surface area contributed by atoms with Crippen LogP contribution in [0.15, 0.2) is 30.5 Å². The van der Waals surface area contributed by atoms with E-state index < -0.39 is 0 Å². The van der Waals surface area contributed by atoms with Gasteiger partial charge in [-0.15, -0.1) is 0 Å². The second-order valence-corrected chi connectivity index (χ2v) is 4.41. The SMILES string of the molecule is Cn1ccc2ccc(N3CCNCC3)cc21. The topological polar surface area (TPSA) is 20.2 Å². The van der Waals surface area contributed by atoms with Gasteiger partial charge in [-0.3, -0.25) is 0 Å². The van der Waals surface area contributed by atoms with Gasteiger partial charge in [0.05, 0.1) is 0 Å². The molecule has 0 radical (unpaired) electrons. The van der Waals surface area contributed by atoms with Gasteiger partial charge in [0.1, 0.15) is 0 Å². The van der Waals surface area contributed by atoms with Crippen molar-refractivity contribution in [1.82, 2.24) is 9.88 Å². The van der Waals surface area contributed by atoms with E-state index in [1.54, 1.807) is 0 Å². The highest BCUT2D eigenvalue weighted by molar-refractivity contribution is 5.83. The fourth-order valence-corrected chi connectivity index (χ4v) is 2.37. The van der Waals surface area contributed by atoms with Crippen molar-refractivity contribution in [3.63, 3.8) is 0 Å². The van der Waals surface area contributed by atoms with E-state index in [9.17, 15) is 0 Å². The monoisotopic (exact) mass is 215 g/mol. The van der Waals surface area contributed by atoms with Crippen LogP contribution in [0.3, 0.4) is 0 Å². The van der Waals surface area contributed by atoms with Gasteiger partial charge in [-0.05, 0) is 23.6 Å². The Kier molecular flexibility index (Phi) is 2.33. The lowest BCUT2D eigenvalue weighted by Crippen LogP contribution is -2.43. The molecule has 2 heterocycles. The second-order valence-electron chi connectivity index (χ2n) is 4.41. The third kappa shape index (κ3) is 1.57. The van der Waals surface area contributed by atoms with Crippen molar-refractivity contribution in [2.45, 2.75) is 0 Å². The molecular formula is C13H17N3. The molecule has 1 fully saturated rings. The molecule has 1 N–H and O–H groups in total. The van der Waals surface area contributed by atoms with Gasteiger partial charge in [0.15, 0.2) is 0 Å². The molecule has 0 saturated carbocycles. The van der Waals surface area contributed by atoms with Crippen LogP contribution in [0.25, 0.3) is 10.9 Å². The van der Waals surface area contributed by atoms with E-state index in [2.05, 4.69) is 52.3 Å². The molecule has 0 atom stereocenters. The number of hydrogen-bond acceptors (Lipinski definition) is 2. The fourth-order valence-electron chi connectivity index (χ4n) is 2.37. The Bertz CT molecular complexity index is 495. The van der Waals surface area contributed by atoms with Gasteiger partial charge < -0.3 is 14.8 Å². The van der Waals surface area contributed by atoms with Crippen molar-refractivity contribution in [2.75, 3.05) is 31.1 Å². The summed E-state index contributed by atoms with van der Waals surface area (Å²) in [5, 5.41) is 4.70. The zero-order valence-electron chi connectivity index (χ0n) is 9.61. The largest absolute Gasteiger partial charge is 0.369 e. The lowest BCUT2D eigenvalue weighted by molar-refractivity contribution is 0.589. The zero-order chi connectivity index (χ0) is 11.0. The third-order valence-electron chi connectivity index (χ3n) is 3.35. The smallest absolute Gasteiger partial charge is 0.0498 e. The number of nitrogens with one attached hydrogen (secondary N) is 1. The quantitative estimate of drug-likeness (QED) is 0.779. The molecule has 3 nitrogen and oxygen atoms in total. The number of fused-ring (bicyclic) bond motifs is 1. The first kappa shape index (κ1) is 9.73. The summed E-state index contributed by atoms with van der Waals surface area (Å²) in [6.07, 6.45) is 2.12. The lowest BCUT2D eigenvalue weighted by atomic mass is 10.2. The number of rotatable bonds is 1. The van der Waals surface area contributed by atoms with Crippen LogP contribution in [0.4, 0.5) is 5.69 Å².